The average molecular weight is 247 g/mol. The van der Waals surface area contributed by atoms with E-state index in [1.165, 1.54) is 31.5 Å². The Morgan fingerprint density at radius 2 is 2.33 bits per heavy atom. The highest BCUT2D eigenvalue weighted by Gasteiger charge is 2.17. The molecule has 3 nitrogen and oxygen atoms in total. The molecule has 1 N–H and O–H groups in total. The predicted octanol–water partition coefficient (Wildman–Crippen LogP) is 2.35. The maximum atomic E-state index is 4.61. The fourth-order valence-electron chi connectivity index (χ4n) is 2.68. The summed E-state index contributed by atoms with van der Waals surface area (Å²) in [4.78, 5) is 7.15. The first-order valence-electron chi connectivity index (χ1n) is 7.16. The average Bonchev–Trinajstić information content (AvgIpc) is 2.55. The second kappa shape index (κ2) is 6.86. The van der Waals surface area contributed by atoms with E-state index >= 15 is 0 Å². The molecule has 1 aromatic heterocycles. The molecule has 2 rings (SSSR count). The summed E-state index contributed by atoms with van der Waals surface area (Å²) < 4.78 is 0. The fourth-order valence-corrected chi connectivity index (χ4v) is 2.68. The Bertz CT molecular complexity index is 365. The number of rotatable bonds is 4. The van der Waals surface area contributed by atoms with Gasteiger partial charge in [0.1, 0.15) is 0 Å². The van der Waals surface area contributed by atoms with Gasteiger partial charge in [0.15, 0.2) is 0 Å². The van der Waals surface area contributed by atoms with Crippen LogP contribution >= 0.6 is 0 Å². The summed E-state index contributed by atoms with van der Waals surface area (Å²) in [6.45, 7) is 8.81. The number of aromatic nitrogens is 1. The van der Waals surface area contributed by atoms with E-state index in [9.17, 15) is 0 Å². The number of hydrogen-bond acceptors (Lipinski definition) is 3. The summed E-state index contributed by atoms with van der Waals surface area (Å²) in [7, 11) is 0. The highest BCUT2D eigenvalue weighted by Crippen LogP contribution is 2.09. The maximum Gasteiger partial charge on any atom is 0.0547 e. The highest BCUT2D eigenvalue weighted by atomic mass is 15.2. The van der Waals surface area contributed by atoms with Gasteiger partial charge in [0, 0.05) is 24.8 Å². The van der Waals surface area contributed by atoms with Crippen LogP contribution in [0.1, 0.15) is 37.6 Å². The molecule has 1 aliphatic heterocycles. The van der Waals surface area contributed by atoms with Crippen molar-refractivity contribution in [3.8, 4) is 0 Å². The summed E-state index contributed by atoms with van der Waals surface area (Å²) >= 11 is 0. The van der Waals surface area contributed by atoms with Crippen LogP contribution in [0.15, 0.2) is 18.2 Å². The monoisotopic (exact) mass is 247 g/mol. The lowest BCUT2D eigenvalue weighted by molar-refractivity contribution is 0.252. The van der Waals surface area contributed by atoms with Crippen molar-refractivity contribution in [2.75, 3.05) is 19.6 Å². The summed E-state index contributed by atoms with van der Waals surface area (Å²) in [5.74, 6) is 0. The summed E-state index contributed by atoms with van der Waals surface area (Å²) in [6.07, 6.45) is 3.78. The van der Waals surface area contributed by atoms with Crippen LogP contribution < -0.4 is 5.32 Å². The molecule has 100 valence electrons. The summed E-state index contributed by atoms with van der Waals surface area (Å²) in [6, 6.07) is 6.97. The first kappa shape index (κ1) is 13.5. The van der Waals surface area contributed by atoms with Crippen LogP contribution in [0, 0.1) is 6.92 Å². The summed E-state index contributed by atoms with van der Waals surface area (Å²) in [5.41, 5.74) is 2.32. The third-order valence-corrected chi connectivity index (χ3v) is 3.53. The molecular formula is C15H25N3. The molecule has 1 atom stereocenters. The molecule has 0 bridgehead atoms. The minimum absolute atomic E-state index is 0.655. The van der Waals surface area contributed by atoms with Crippen LogP contribution in [0.5, 0.6) is 0 Å². The van der Waals surface area contributed by atoms with E-state index in [1.807, 2.05) is 0 Å². The van der Waals surface area contributed by atoms with Gasteiger partial charge in [-0.25, -0.2) is 0 Å². The van der Waals surface area contributed by atoms with Crippen LogP contribution in [0.2, 0.25) is 0 Å². The molecule has 0 amide bonds. The van der Waals surface area contributed by atoms with E-state index in [0.29, 0.717) is 6.04 Å². The van der Waals surface area contributed by atoms with Gasteiger partial charge < -0.3 is 5.32 Å². The van der Waals surface area contributed by atoms with E-state index in [2.05, 4.69) is 47.2 Å². The Morgan fingerprint density at radius 1 is 1.44 bits per heavy atom. The van der Waals surface area contributed by atoms with Crippen molar-refractivity contribution in [2.45, 2.75) is 45.7 Å². The van der Waals surface area contributed by atoms with Gasteiger partial charge in [-0.1, -0.05) is 19.4 Å². The molecule has 0 saturated carbocycles. The van der Waals surface area contributed by atoms with Gasteiger partial charge in [-0.15, -0.1) is 0 Å². The van der Waals surface area contributed by atoms with Crippen LogP contribution in [0.25, 0.3) is 0 Å². The molecule has 1 aromatic rings. The van der Waals surface area contributed by atoms with Crippen molar-refractivity contribution >= 4 is 0 Å². The second-order valence-corrected chi connectivity index (χ2v) is 5.30. The molecule has 0 aliphatic carbocycles. The number of nitrogens with zero attached hydrogens (tertiary/aromatic N) is 2. The number of pyridine rings is 1. The van der Waals surface area contributed by atoms with Crippen molar-refractivity contribution in [2.24, 2.45) is 0 Å². The number of nitrogens with one attached hydrogen (secondary N) is 1. The molecule has 1 aliphatic rings. The highest BCUT2D eigenvalue weighted by molar-refractivity contribution is 5.09. The Hall–Kier alpha value is -0.930. The third-order valence-electron chi connectivity index (χ3n) is 3.53. The third kappa shape index (κ3) is 4.07. The SMILES string of the molecule is CCCC1CN(Cc2cccc(C)n2)CCCN1. The minimum Gasteiger partial charge on any atom is -0.313 e. The van der Waals surface area contributed by atoms with Crippen LogP contribution in [0.4, 0.5) is 0 Å². The Morgan fingerprint density at radius 3 is 3.11 bits per heavy atom. The zero-order valence-electron chi connectivity index (χ0n) is 11.7. The maximum absolute atomic E-state index is 4.61. The zero-order chi connectivity index (χ0) is 12.8. The van der Waals surface area contributed by atoms with E-state index < -0.39 is 0 Å². The molecule has 1 fully saturated rings. The van der Waals surface area contributed by atoms with Crippen LogP contribution in [0.3, 0.4) is 0 Å². The normalized spacial score (nSPS) is 21.8. The van der Waals surface area contributed by atoms with Crippen molar-refractivity contribution < 1.29 is 0 Å². The topological polar surface area (TPSA) is 28.2 Å². The largest absolute Gasteiger partial charge is 0.313 e. The first-order valence-corrected chi connectivity index (χ1v) is 7.16. The Kier molecular flexibility index (Phi) is 5.14. The van der Waals surface area contributed by atoms with Crippen molar-refractivity contribution in [1.29, 1.82) is 0 Å². The Balaban J connectivity index is 1.94. The lowest BCUT2D eigenvalue weighted by Crippen LogP contribution is -2.37. The zero-order valence-corrected chi connectivity index (χ0v) is 11.7. The van der Waals surface area contributed by atoms with Crippen LogP contribution in [-0.2, 0) is 6.54 Å². The quantitative estimate of drug-likeness (QED) is 0.885. The van der Waals surface area contributed by atoms with Gasteiger partial charge in [-0.05, 0) is 45.0 Å². The minimum atomic E-state index is 0.655. The first-order chi connectivity index (χ1) is 8.78. The number of aryl methyl sites for hydroxylation is 1. The van der Waals surface area contributed by atoms with Crippen molar-refractivity contribution in [3.63, 3.8) is 0 Å². The summed E-state index contributed by atoms with van der Waals surface area (Å²) in [5, 5.41) is 3.65. The molecule has 0 aromatic carbocycles. The van der Waals surface area contributed by atoms with Gasteiger partial charge in [0.2, 0.25) is 0 Å². The predicted molar refractivity (Wildman–Crippen MR) is 75.6 cm³/mol. The van der Waals surface area contributed by atoms with Gasteiger partial charge in [-0.3, -0.25) is 9.88 Å². The lowest BCUT2D eigenvalue weighted by Gasteiger charge is -2.23. The molecule has 0 radical (unpaired) electrons. The molecule has 18 heavy (non-hydrogen) atoms. The van der Waals surface area contributed by atoms with E-state index in [4.69, 9.17) is 0 Å². The number of hydrogen-bond donors (Lipinski definition) is 1. The lowest BCUT2D eigenvalue weighted by atomic mass is 10.1. The van der Waals surface area contributed by atoms with E-state index in [0.717, 1.165) is 25.3 Å². The van der Waals surface area contributed by atoms with Gasteiger partial charge in [0.25, 0.3) is 0 Å². The van der Waals surface area contributed by atoms with Gasteiger partial charge in [-0.2, -0.15) is 0 Å². The van der Waals surface area contributed by atoms with Gasteiger partial charge in [0.05, 0.1) is 5.69 Å². The Labute approximate surface area is 111 Å². The van der Waals surface area contributed by atoms with Crippen molar-refractivity contribution in [3.05, 3.63) is 29.6 Å². The van der Waals surface area contributed by atoms with Gasteiger partial charge >= 0.3 is 0 Å². The molecule has 1 saturated heterocycles. The standard InChI is InChI=1S/C15H25N3/c1-3-6-14-11-18(10-5-9-16-14)12-15-8-4-7-13(2)17-15/h4,7-8,14,16H,3,5-6,9-12H2,1-2H3. The molecule has 0 spiro atoms. The second-order valence-electron chi connectivity index (χ2n) is 5.30. The fraction of sp³-hybridized carbons (Fsp3) is 0.667. The van der Waals surface area contributed by atoms with Crippen molar-refractivity contribution in [1.82, 2.24) is 15.2 Å². The van der Waals surface area contributed by atoms with E-state index in [-0.39, 0.29) is 0 Å². The molecule has 3 heteroatoms. The molecule has 2 heterocycles. The molecule has 1 unspecified atom stereocenters. The van der Waals surface area contributed by atoms with E-state index in [1.54, 1.807) is 0 Å². The van der Waals surface area contributed by atoms with Crippen LogP contribution in [-0.4, -0.2) is 35.6 Å². The molecular weight excluding hydrogens is 222 g/mol. The smallest absolute Gasteiger partial charge is 0.0547 e.